The van der Waals surface area contributed by atoms with Gasteiger partial charge in [0.15, 0.2) is 0 Å². The van der Waals surface area contributed by atoms with E-state index in [4.69, 9.17) is 0 Å². The number of rotatable bonds is 3. The fourth-order valence-corrected chi connectivity index (χ4v) is 5.16. The minimum absolute atomic E-state index is 0.0293. The first-order chi connectivity index (χ1) is 14.6. The van der Waals surface area contributed by atoms with Gasteiger partial charge in [-0.05, 0) is 56.8 Å². The van der Waals surface area contributed by atoms with E-state index in [9.17, 15) is 14.4 Å². The molecule has 2 aliphatic carbocycles. The Hall–Kier alpha value is -2.97. The molecule has 3 N–H and O–H groups in total. The normalized spacial score (nSPS) is 22.1. The zero-order valence-corrected chi connectivity index (χ0v) is 18.5. The van der Waals surface area contributed by atoms with E-state index in [0.29, 0.717) is 17.2 Å². The highest BCUT2D eigenvalue weighted by Gasteiger charge is 2.33. The van der Waals surface area contributed by atoms with Crippen LogP contribution in [0.2, 0.25) is 0 Å². The Morgan fingerprint density at radius 2 is 2.00 bits per heavy atom. The highest BCUT2D eigenvalue weighted by Crippen LogP contribution is 2.38. The molecule has 1 saturated carbocycles. The van der Waals surface area contributed by atoms with Gasteiger partial charge in [-0.15, -0.1) is 0 Å². The molecule has 0 aliphatic heterocycles. The van der Waals surface area contributed by atoms with E-state index >= 15 is 0 Å². The molecule has 4 rings (SSSR count). The van der Waals surface area contributed by atoms with E-state index < -0.39 is 11.8 Å². The third-order valence-electron chi connectivity index (χ3n) is 6.13. The van der Waals surface area contributed by atoms with Crippen LogP contribution in [0.15, 0.2) is 10.9 Å². The van der Waals surface area contributed by atoms with Crippen molar-refractivity contribution < 1.29 is 9.59 Å². The van der Waals surface area contributed by atoms with Crippen LogP contribution in [0.25, 0.3) is 5.95 Å². The fraction of sp³-hybridized carbons (Fsp3) is 0.591. The van der Waals surface area contributed by atoms with Gasteiger partial charge < -0.3 is 10.6 Å². The summed E-state index contributed by atoms with van der Waals surface area (Å²) in [6, 6.07) is 1.61. The first-order valence-electron chi connectivity index (χ1n) is 10.9. The van der Waals surface area contributed by atoms with Crippen molar-refractivity contribution in [3.8, 4) is 5.95 Å². The predicted molar refractivity (Wildman–Crippen MR) is 116 cm³/mol. The van der Waals surface area contributed by atoms with Crippen molar-refractivity contribution >= 4 is 17.6 Å². The lowest BCUT2D eigenvalue weighted by atomic mass is 9.70. The lowest BCUT2D eigenvalue weighted by Crippen LogP contribution is -2.46. The number of hydrogen-bond donors (Lipinski definition) is 3. The van der Waals surface area contributed by atoms with Crippen LogP contribution >= 0.6 is 0 Å². The van der Waals surface area contributed by atoms with Crippen LogP contribution in [0.4, 0.5) is 5.82 Å². The average molecular weight is 427 g/mol. The standard InChI is InChI=1S/C22H30N6O3/c1-12-8-14(11-22(3,4)10-12)23-19(30)20(31)25-17-9-13(2)27-28(17)21-24-16-7-5-6-15(16)18(29)26-21/h9,12,14H,5-8,10-11H2,1-4H3,(H,23,30)(H,25,31)(H,24,26,29)/t12-,14+/m1/s1. The summed E-state index contributed by atoms with van der Waals surface area (Å²) in [4.78, 5) is 44.8. The largest absolute Gasteiger partial charge is 0.345 e. The minimum Gasteiger partial charge on any atom is -0.345 e. The van der Waals surface area contributed by atoms with Gasteiger partial charge in [0.2, 0.25) is 5.95 Å². The van der Waals surface area contributed by atoms with Crippen molar-refractivity contribution in [2.24, 2.45) is 11.3 Å². The monoisotopic (exact) mass is 426 g/mol. The van der Waals surface area contributed by atoms with Crippen LogP contribution in [-0.2, 0) is 22.4 Å². The quantitative estimate of drug-likeness (QED) is 0.648. The number of fused-ring (bicyclic) bond motifs is 1. The molecular formula is C22H30N6O3. The smallest absolute Gasteiger partial charge is 0.314 e. The maximum absolute atomic E-state index is 12.6. The van der Waals surface area contributed by atoms with Crippen LogP contribution < -0.4 is 16.2 Å². The second-order valence-corrected chi connectivity index (χ2v) is 9.79. The number of nitrogens with one attached hydrogen (secondary N) is 3. The molecule has 166 valence electrons. The second kappa shape index (κ2) is 7.94. The number of aromatic amines is 1. The molecule has 2 aromatic rings. The van der Waals surface area contributed by atoms with Crippen LogP contribution in [-0.4, -0.2) is 37.6 Å². The Morgan fingerprint density at radius 1 is 1.23 bits per heavy atom. The zero-order valence-electron chi connectivity index (χ0n) is 18.5. The van der Waals surface area contributed by atoms with Crippen LogP contribution in [0, 0.1) is 18.3 Å². The summed E-state index contributed by atoms with van der Waals surface area (Å²) in [7, 11) is 0. The highest BCUT2D eigenvalue weighted by atomic mass is 16.2. The van der Waals surface area contributed by atoms with Gasteiger partial charge in [-0.25, -0.2) is 4.98 Å². The molecular weight excluding hydrogens is 396 g/mol. The third-order valence-corrected chi connectivity index (χ3v) is 6.13. The fourth-order valence-electron chi connectivity index (χ4n) is 5.16. The summed E-state index contributed by atoms with van der Waals surface area (Å²) in [5.74, 6) is -0.422. The Morgan fingerprint density at radius 3 is 2.74 bits per heavy atom. The van der Waals surface area contributed by atoms with Gasteiger partial charge in [0, 0.05) is 17.7 Å². The summed E-state index contributed by atoms with van der Waals surface area (Å²) < 4.78 is 1.37. The van der Waals surface area contributed by atoms with Crippen molar-refractivity contribution in [3.63, 3.8) is 0 Å². The van der Waals surface area contributed by atoms with Gasteiger partial charge in [0.1, 0.15) is 5.82 Å². The van der Waals surface area contributed by atoms with Gasteiger partial charge in [-0.3, -0.25) is 19.4 Å². The molecule has 0 spiro atoms. The Balaban J connectivity index is 1.50. The molecule has 0 radical (unpaired) electrons. The summed E-state index contributed by atoms with van der Waals surface area (Å²) >= 11 is 0. The summed E-state index contributed by atoms with van der Waals surface area (Å²) in [6.07, 6.45) is 5.17. The van der Waals surface area contributed by atoms with Crippen LogP contribution in [0.5, 0.6) is 0 Å². The lowest BCUT2D eigenvalue weighted by molar-refractivity contribution is -0.137. The highest BCUT2D eigenvalue weighted by molar-refractivity contribution is 6.39. The molecule has 2 atom stereocenters. The molecule has 1 fully saturated rings. The zero-order chi connectivity index (χ0) is 22.3. The number of anilines is 1. The Labute approximate surface area is 181 Å². The molecule has 2 aliphatic rings. The van der Waals surface area contributed by atoms with Gasteiger partial charge in [-0.2, -0.15) is 9.78 Å². The van der Waals surface area contributed by atoms with E-state index in [2.05, 4.69) is 46.5 Å². The number of aromatic nitrogens is 4. The SMILES string of the molecule is Cc1cc(NC(=O)C(=O)N[C@H]2C[C@@H](C)CC(C)(C)C2)n(-c2nc3c(c(=O)[nH]2)CCC3)n1. The number of amides is 2. The molecule has 0 aromatic carbocycles. The minimum atomic E-state index is -0.763. The molecule has 0 bridgehead atoms. The summed E-state index contributed by atoms with van der Waals surface area (Å²) in [5.41, 5.74) is 2.04. The molecule has 31 heavy (non-hydrogen) atoms. The summed E-state index contributed by atoms with van der Waals surface area (Å²) in [5, 5.41) is 9.85. The van der Waals surface area contributed by atoms with Crippen molar-refractivity contribution in [2.45, 2.75) is 72.3 Å². The maximum Gasteiger partial charge on any atom is 0.314 e. The number of nitrogens with zero attached hydrogens (tertiary/aromatic N) is 3. The molecule has 9 heteroatoms. The molecule has 0 saturated heterocycles. The first kappa shape index (κ1) is 21.3. The first-order valence-corrected chi connectivity index (χ1v) is 10.9. The molecule has 2 heterocycles. The van der Waals surface area contributed by atoms with Gasteiger partial charge in [-0.1, -0.05) is 20.8 Å². The number of hydrogen-bond acceptors (Lipinski definition) is 5. The van der Waals surface area contributed by atoms with Crippen LogP contribution in [0.3, 0.4) is 0 Å². The Kier molecular flexibility index (Phi) is 5.45. The topological polar surface area (TPSA) is 122 Å². The molecule has 2 amide bonds. The van der Waals surface area contributed by atoms with Crippen molar-refractivity contribution in [1.82, 2.24) is 25.1 Å². The average Bonchev–Trinajstić information content (AvgIpc) is 3.26. The van der Waals surface area contributed by atoms with E-state index in [1.165, 1.54) is 4.68 Å². The molecule has 9 nitrogen and oxygen atoms in total. The van der Waals surface area contributed by atoms with Gasteiger partial charge in [0.25, 0.3) is 5.56 Å². The Bertz CT molecular complexity index is 1080. The van der Waals surface area contributed by atoms with E-state index in [1.807, 2.05) is 0 Å². The molecule has 0 unspecified atom stereocenters. The van der Waals surface area contributed by atoms with Gasteiger partial charge >= 0.3 is 11.8 Å². The van der Waals surface area contributed by atoms with Crippen molar-refractivity contribution in [2.75, 3.05) is 5.32 Å². The van der Waals surface area contributed by atoms with E-state index in [-0.39, 0.29) is 28.8 Å². The third kappa shape index (κ3) is 4.55. The van der Waals surface area contributed by atoms with E-state index in [1.54, 1.807) is 13.0 Å². The van der Waals surface area contributed by atoms with Gasteiger partial charge in [0.05, 0.1) is 11.4 Å². The maximum atomic E-state index is 12.6. The van der Waals surface area contributed by atoms with Crippen molar-refractivity contribution in [3.05, 3.63) is 33.4 Å². The van der Waals surface area contributed by atoms with E-state index in [0.717, 1.165) is 44.2 Å². The lowest BCUT2D eigenvalue weighted by Gasteiger charge is -2.39. The number of carbonyl (C=O) groups is 2. The van der Waals surface area contributed by atoms with Crippen molar-refractivity contribution in [1.29, 1.82) is 0 Å². The number of H-pyrrole nitrogens is 1. The number of carbonyl (C=O) groups excluding carboxylic acids is 2. The van der Waals surface area contributed by atoms with Crippen LogP contribution in [0.1, 0.15) is 63.4 Å². The number of aryl methyl sites for hydroxylation is 2. The molecule has 2 aromatic heterocycles. The predicted octanol–water partition coefficient (Wildman–Crippen LogP) is 2.02. The second-order valence-electron chi connectivity index (χ2n) is 9.79. The summed E-state index contributed by atoms with van der Waals surface area (Å²) in [6.45, 7) is 8.32.